The van der Waals surface area contributed by atoms with Crippen molar-refractivity contribution >= 4 is 28.8 Å². The third-order valence-corrected chi connectivity index (χ3v) is 2.86. The Morgan fingerprint density at radius 3 is 2.36 bits per heavy atom. The maximum atomic E-state index is 6.17. The zero-order chi connectivity index (χ0) is 9.97. The van der Waals surface area contributed by atoms with Gasteiger partial charge in [-0.2, -0.15) is 0 Å². The monoisotopic (exact) mass is 224 g/mol. The van der Waals surface area contributed by atoms with E-state index in [1.165, 1.54) is 0 Å². The highest BCUT2D eigenvalue weighted by atomic mass is 35.5. The Morgan fingerprint density at radius 1 is 0.929 bits per heavy atom. The van der Waals surface area contributed by atoms with Crippen molar-refractivity contribution in [3.63, 3.8) is 0 Å². The average Bonchev–Trinajstić information content (AvgIpc) is 2.23. The zero-order valence-corrected chi connectivity index (χ0v) is 9.04. The van der Waals surface area contributed by atoms with E-state index in [9.17, 15) is 0 Å². The summed E-state index contributed by atoms with van der Waals surface area (Å²) in [6.07, 6.45) is 5.84. The minimum Gasteiger partial charge on any atom is -0.114 e. The maximum absolute atomic E-state index is 6.17. The van der Waals surface area contributed by atoms with E-state index < -0.39 is 0 Å². The summed E-state index contributed by atoms with van der Waals surface area (Å²) in [7, 11) is 0. The third-order valence-electron chi connectivity index (χ3n) is 2.21. The molecule has 0 radical (unpaired) electrons. The number of alkyl halides is 2. The SMILES string of the molecule is ClC1C=CC(Cl)C(c2ccccc2)=C1. The van der Waals surface area contributed by atoms with E-state index in [1.807, 2.05) is 48.6 Å². The van der Waals surface area contributed by atoms with Crippen molar-refractivity contribution in [3.05, 3.63) is 54.1 Å². The van der Waals surface area contributed by atoms with Crippen LogP contribution in [0.1, 0.15) is 5.56 Å². The van der Waals surface area contributed by atoms with E-state index in [4.69, 9.17) is 23.2 Å². The van der Waals surface area contributed by atoms with Gasteiger partial charge in [0, 0.05) is 0 Å². The largest absolute Gasteiger partial charge is 0.114 e. The molecule has 0 N–H and O–H groups in total. The first kappa shape index (κ1) is 9.82. The van der Waals surface area contributed by atoms with Crippen molar-refractivity contribution in [2.75, 3.05) is 0 Å². The highest BCUT2D eigenvalue weighted by Crippen LogP contribution is 2.28. The third kappa shape index (κ3) is 2.02. The minimum atomic E-state index is -0.0626. The van der Waals surface area contributed by atoms with Gasteiger partial charge in [-0.3, -0.25) is 0 Å². The van der Waals surface area contributed by atoms with E-state index in [-0.39, 0.29) is 10.8 Å². The molecule has 0 heterocycles. The molecule has 72 valence electrons. The first-order chi connectivity index (χ1) is 6.77. The molecule has 0 aliphatic heterocycles. The summed E-state index contributed by atoms with van der Waals surface area (Å²) >= 11 is 12.2. The molecule has 0 fully saturated rings. The quantitative estimate of drug-likeness (QED) is 0.503. The second kappa shape index (κ2) is 4.20. The fraction of sp³-hybridized carbons (Fsp3) is 0.167. The van der Waals surface area contributed by atoms with Crippen LogP contribution in [0.15, 0.2) is 48.6 Å². The van der Waals surface area contributed by atoms with Crippen LogP contribution >= 0.6 is 23.2 Å². The summed E-state index contributed by atoms with van der Waals surface area (Å²) in [4.78, 5) is 0. The Bertz CT molecular complexity index is 365. The Hall–Kier alpha value is -0.720. The van der Waals surface area contributed by atoms with Crippen molar-refractivity contribution < 1.29 is 0 Å². The molecule has 2 rings (SSSR count). The minimum absolute atomic E-state index is 0.0415. The van der Waals surface area contributed by atoms with Crippen molar-refractivity contribution in [2.24, 2.45) is 0 Å². The van der Waals surface area contributed by atoms with Crippen LogP contribution in [0.4, 0.5) is 0 Å². The van der Waals surface area contributed by atoms with Gasteiger partial charge in [0.2, 0.25) is 0 Å². The molecule has 1 aliphatic carbocycles. The first-order valence-corrected chi connectivity index (χ1v) is 5.38. The fourth-order valence-corrected chi connectivity index (χ4v) is 2.01. The van der Waals surface area contributed by atoms with E-state index in [1.54, 1.807) is 0 Å². The molecule has 2 heteroatoms. The highest BCUT2D eigenvalue weighted by Gasteiger charge is 2.15. The molecule has 0 saturated carbocycles. The lowest BCUT2D eigenvalue weighted by molar-refractivity contribution is 1.25. The molecule has 2 atom stereocenters. The number of hydrogen-bond acceptors (Lipinski definition) is 0. The predicted molar refractivity (Wildman–Crippen MR) is 62.8 cm³/mol. The second-order valence-electron chi connectivity index (χ2n) is 3.22. The van der Waals surface area contributed by atoms with Crippen LogP contribution in [0.2, 0.25) is 0 Å². The molecule has 14 heavy (non-hydrogen) atoms. The summed E-state index contributed by atoms with van der Waals surface area (Å²) in [6.45, 7) is 0. The van der Waals surface area contributed by atoms with E-state index in [2.05, 4.69) is 0 Å². The summed E-state index contributed by atoms with van der Waals surface area (Å²) < 4.78 is 0. The summed E-state index contributed by atoms with van der Waals surface area (Å²) in [5.74, 6) is 0. The number of benzene rings is 1. The first-order valence-electron chi connectivity index (χ1n) is 4.51. The molecule has 0 spiro atoms. The Balaban J connectivity index is 2.35. The van der Waals surface area contributed by atoms with Gasteiger partial charge in [-0.05, 0) is 11.1 Å². The summed E-state index contributed by atoms with van der Waals surface area (Å²) in [5, 5.41) is -0.104. The van der Waals surface area contributed by atoms with Gasteiger partial charge in [0.15, 0.2) is 0 Å². The smallest absolute Gasteiger partial charge is 0.0770 e. The van der Waals surface area contributed by atoms with Crippen molar-refractivity contribution in [3.8, 4) is 0 Å². The van der Waals surface area contributed by atoms with Crippen molar-refractivity contribution in [1.29, 1.82) is 0 Å². The van der Waals surface area contributed by atoms with Gasteiger partial charge in [0.05, 0.1) is 10.8 Å². The van der Waals surface area contributed by atoms with Gasteiger partial charge in [-0.1, -0.05) is 48.6 Å². The predicted octanol–water partition coefficient (Wildman–Crippen LogP) is 3.85. The van der Waals surface area contributed by atoms with Crippen molar-refractivity contribution in [1.82, 2.24) is 0 Å². The molecule has 1 aliphatic rings. The van der Waals surface area contributed by atoms with Gasteiger partial charge in [-0.25, -0.2) is 0 Å². The topological polar surface area (TPSA) is 0 Å². The summed E-state index contributed by atoms with van der Waals surface area (Å²) in [5.41, 5.74) is 2.23. The Kier molecular flexibility index (Phi) is 2.95. The molecule has 0 amide bonds. The van der Waals surface area contributed by atoms with E-state index in [0.717, 1.165) is 11.1 Å². The van der Waals surface area contributed by atoms with Gasteiger partial charge < -0.3 is 0 Å². The lowest BCUT2D eigenvalue weighted by Gasteiger charge is -2.16. The number of hydrogen-bond donors (Lipinski definition) is 0. The van der Waals surface area contributed by atoms with E-state index >= 15 is 0 Å². The van der Waals surface area contributed by atoms with Crippen LogP contribution < -0.4 is 0 Å². The Morgan fingerprint density at radius 2 is 1.64 bits per heavy atom. The fourth-order valence-electron chi connectivity index (χ4n) is 1.51. The zero-order valence-electron chi connectivity index (χ0n) is 7.53. The van der Waals surface area contributed by atoms with Crippen LogP contribution in [0, 0.1) is 0 Å². The lowest BCUT2D eigenvalue weighted by atomic mass is 9.97. The van der Waals surface area contributed by atoms with Crippen LogP contribution in [0.3, 0.4) is 0 Å². The molecule has 0 aromatic heterocycles. The highest BCUT2D eigenvalue weighted by molar-refractivity contribution is 6.30. The Labute approximate surface area is 93.8 Å². The number of rotatable bonds is 1. The molecule has 1 aromatic rings. The second-order valence-corrected chi connectivity index (χ2v) is 4.19. The summed E-state index contributed by atoms with van der Waals surface area (Å²) in [6, 6.07) is 10.1. The molecular weight excluding hydrogens is 215 g/mol. The van der Waals surface area contributed by atoms with Crippen molar-refractivity contribution in [2.45, 2.75) is 10.8 Å². The molecule has 0 saturated heterocycles. The average molecular weight is 225 g/mol. The molecule has 0 nitrogen and oxygen atoms in total. The van der Waals surface area contributed by atoms with E-state index in [0.29, 0.717) is 0 Å². The van der Waals surface area contributed by atoms with Gasteiger partial charge in [0.25, 0.3) is 0 Å². The molecular formula is C12H10Cl2. The molecule has 2 unspecified atom stereocenters. The maximum Gasteiger partial charge on any atom is 0.0770 e. The number of halogens is 2. The van der Waals surface area contributed by atoms with Crippen LogP contribution in [0.25, 0.3) is 5.57 Å². The molecule has 0 bridgehead atoms. The van der Waals surface area contributed by atoms with Crippen LogP contribution in [-0.4, -0.2) is 10.8 Å². The normalized spacial score (nSPS) is 26.0. The number of allylic oxidation sites excluding steroid dienone is 4. The van der Waals surface area contributed by atoms with Crippen LogP contribution in [-0.2, 0) is 0 Å². The standard InChI is InChI=1S/C12H10Cl2/c13-10-6-7-12(14)11(8-10)9-4-2-1-3-5-9/h1-8,10,12H. The van der Waals surface area contributed by atoms with Gasteiger partial charge >= 0.3 is 0 Å². The lowest BCUT2D eigenvalue weighted by Crippen LogP contribution is -2.07. The van der Waals surface area contributed by atoms with Gasteiger partial charge in [-0.15, -0.1) is 23.2 Å². The van der Waals surface area contributed by atoms with Gasteiger partial charge in [0.1, 0.15) is 0 Å². The van der Waals surface area contributed by atoms with Crippen LogP contribution in [0.5, 0.6) is 0 Å². The molecule has 1 aromatic carbocycles.